The van der Waals surface area contributed by atoms with Gasteiger partial charge in [-0.3, -0.25) is 0 Å². The molecule has 2 aromatic rings. The van der Waals surface area contributed by atoms with Crippen molar-refractivity contribution < 1.29 is 9.90 Å². The number of aromatic carboxylic acids is 1. The molecule has 0 radical (unpaired) electrons. The van der Waals surface area contributed by atoms with Crippen LogP contribution in [-0.2, 0) is 12.8 Å². The minimum absolute atomic E-state index is 0.170. The van der Waals surface area contributed by atoms with E-state index in [1.807, 2.05) is 36.2 Å². The van der Waals surface area contributed by atoms with E-state index in [4.69, 9.17) is 5.73 Å². The van der Waals surface area contributed by atoms with Gasteiger partial charge in [0.25, 0.3) is 0 Å². The number of nitrogens with two attached hydrogens (primary N) is 1. The summed E-state index contributed by atoms with van der Waals surface area (Å²) in [6.07, 6.45) is 2.93. The van der Waals surface area contributed by atoms with Crippen molar-refractivity contribution in [2.24, 2.45) is 11.1 Å². The quantitative estimate of drug-likeness (QED) is 0.823. The molecule has 3 rings (SSSR count). The zero-order valence-electron chi connectivity index (χ0n) is 14.4. The summed E-state index contributed by atoms with van der Waals surface area (Å²) in [6.45, 7) is 4.88. The summed E-state index contributed by atoms with van der Waals surface area (Å²) in [7, 11) is 1.93. The predicted molar refractivity (Wildman–Crippen MR) is 100.0 cm³/mol. The maximum Gasteiger partial charge on any atom is 0.337 e. The highest BCUT2D eigenvalue weighted by molar-refractivity contribution is 7.16. The van der Waals surface area contributed by atoms with Crippen LogP contribution in [0.3, 0.4) is 0 Å². The number of nitrogens with zero attached hydrogens (tertiary/aromatic N) is 1. The van der Waals surface area contributed by atoms with E-state index in [1.165, 1.54) is 4.88 Å². The van der Waals surface area contributed by atoms with Gasteiger partial charge in [0, 0.05) is 22.5 Å². The fourth-order valence-corrected chi connectivity index (χ4v) is 4.64. The second-order valence-electron chi connectivity index (χ2n) is 7.28. The first-order chi connectivity index (χ1) is 11.3. The molecule has 0 aliphatic heterocycles. The van der Waals surface area contributed by atoms with Crippen LogP contribution in [0.4, 0.5) is 5.69 Å². The molecule has 0 amide bonds. The van der Waals surface area contributed by atoms with Crippen LogP contribution in [0, 0.1) is 5.41 Å². The van der Waals surface area contributed by atoms with Crippen molar-refractivity contribution in [3.63, 3.8) is 0 Å². The summed E-state index contributed by atoms with van der Waals surface area (Å²) in [6, 6.07) is 7.99. The molecule has 24 heavy (non-hydrogen) atoms. The van der Waals surface area contributed by atoms with Crippen molar-refractivity contribution in [2.45, 2.75) is 33.1 Å². The van der Waals surface area contributed by atoms with Gasteiger partial charge in [-0.15, -0.1) is 11.3 Å². The number of hydrogen-bond donors (Lipinski definition) is 2. The molecule has 0 fully saturated rings. The smallest absolute Gasteiger partial charge is 0.337 e. The topological polar surface area (TPSA) is 66.6 Å². The zero-order valence-corrected chi connectivity index (χ0v) is 15.2. The second kappa shape index (κ2) is 6.22. The molecule has 0 saturated carbocycles. The van der Waals surface area contributed by atoms with Gasteiger partial charge in [0.15, 0.2) is 0 Å². The minimum atomic E-state index is -0.816. The van der Waals surface area contributed by atoms with Gasteiger partial charge in [-0.2, -0.15) is 0 Å². The van der Waals surface area contributed by atoms with E-state index in [0.717, 1.165) is 41.0 Å². The van der Waals surface area contributed by atoms with Crippen LogP contribution in [0.2, 0.25) is 0 Å². The Kier molecular flexibility index (Phi) is 4.40. The van der Waals surface area contributed by atoms with Crippen molar-refractivity contribution in [2.75, 3.05) is 18.6 Å². The normalized spacial score (nSPS) is 15.8. The number of carbonyl (C=O) groups is 1. The molecule has 3 N–H and O–H groups in total. The summed E-state index contributed by atoms with van der Waals surface area (Å²) in [5.41, 5.74) is 9.37. The lowest BCUT2D eigenvalue weighted by atomic mass is 9.76. The van der Waals surface area contributed by atoms with Gasteiger partial charge < -0.3 is 15.7 Å². The number of hydrogen-bond acceptors (Lipinski definition) is 4. The van der Waals surface area contributed by atoms with Gasteiger partial charge in [-0.25, -0.2) is 4.79 Å². The predicted octanol–water partition coefficient (Wildman–Crippen LogP) is 3.98. The molecule has 0 bridgehead atoms. The average Bonchev–Trinajstić information content (AvgIpc) is 2.91. The Balaban J connectivity index is 2.05. The number of rotatable bonds is 4. The third kappa shape index (κ3) is 3.06. The van der Waals surface area contributed by atoms with Gasteiger partial charge in [-0.1, -0.05) is 26.0 Å². The Morgan fingerprint density at radius 2 is 2.00 bits per heavy atom. The van der Waals surface area contributed by atoms with Crippen LogP contribution in [0.25, 0.3) is 10.4 Å². The lowest BCUT2D eigenvalue weighted by Crippen LogP contribution is -2.24. The van der Waals surface area contributed by atoms with E-state index in [9.17, 15) is 9.90 Å². The molecular formula is C19H24N2O2S. The first kappa shape index (κ1) is 17.0. The molecule has 0 saturated heterocycles. The van der Waals surface area contributed by atoms with Crippen LogP contribution >= 0.6 is 11.3 Å². The van der Waals surface area contributed by atoms with Crippen LogP contribution in [0.1, 0.15) is 41.1 Å². The van der Waals surface area contributed by atoms with Gasteiger partial charge in [-0.05, 0) is 47.9 Å². The highest BCUT2D eigenvalue weighted by Gasteiger charge is 2.32. The van der Waals surface area contributed by atoms with Crippen LogP contribution in [0.15, 0.2) is 24.3 Å². The van der Waals surface area contributed by atoms with E-state index >= 15 is 0 Å². The molecule has 128 valence electrons. The maximum atomic E-state index is 11.9. The highest BCUT2D eigenvalue weighted by Crippen LogP contribution is 2.45. The summed E-state index contributed by atoms with van der Waals surface area (Å²) in [4.78, 5) is 16.0. The molecule has 1 aromatic heterocycles. The van der Waals surface area contributed by atoms with E-state index in [1.54, 1.807) is 11.3 Å². The Morgan fingerprint density at radius 1 is 1.33 bits per heavy atom. The molecule has 4 nitrogen and oxygen atoms in total. The maximum absolute atomic E-state index is 11.9. The number of carboxylic acids is 1. The summed E-state index contributed by atoms with van der Waals surface area (Å²) < 4.78 is 0. The lowest BCUT2D eigenvalue weighted by Gasteiger charge is -2.29. The van der Waals surface area contributed by atoms with Crippen molar-refractivity contribution in [3.8, 4) is 10.4 Å². The SMILES string of the molecule is CN(CN)c1ccc(-c2sc3c(c2C(=O)O)CC(C)(C)CC3)cc1. The van der Waals surface area contributed by atoms with Crippen molar-refractivity contribution in [1.82, 2.24) is 0 Å². The fourth-order valence-electron chi connectivity index (χ4n) is 3.32. The molecule has 1 aromatic carbocycles. The number of fused-ring (bicyclic) bond motifs is 1. The summed E-state index contributed by atoms with van der Waals surface area (Å²) in [5.74, 6) is -0.816. The standard InChI is InChI=1S/C19H24N2O2S/c1-19(2)9-8-15-14(10-19)16(18(22)23)17(24-15)12-4-6-13(7-5-12)21(3)11-20/h4-7H,8-11,20H2,1-3H3,(H,22,23). The molecular weight excluding hydrogens is 320 g/mol. The summed E-state index contributed by atoms with van der Waals surface area (Å²) >= 11 is 1.65. The Morgan fingerprint density at radius 3 is 2.58 bits per heavy atom. The Bertz CT molecular complexity index is 762. The molecule has 1 aliphatic rings. The van der Waals surface area contributed by atoms with Crippen LogP contribution in [0.5, 0.6) is 0 Å². The first-order valence-electron chi connectivity index (χ1n) is 8.22. The Hall–Kier alpha value is -1.85. The number of benzene rings is 1. The first-order valence-corrected chi connectivity index (χ1v) is 9.03. The largest absolute Gasteiger partial charge is 0.478 e. The minimum Gasteiger partial charge on any atom is -0.478 e. The number of aryl methyl sites for hydroxylation is 1. The molecule has 0 spiro atoms. The molecule has 0 atom stereocenters. The van der Waals surface area contributed by atoms with E-state index in [-0.39, 0.29) is 5.41 Å². The van der Waals surface area contributed by atoms with E-state index < -0.39 is 5.97 Å². The Labute approximate surface area is 146 Å². The average molecular weight is 344 g/mol. The van der Waals surface area contributed by atoms with Crippen molar-refractivity contribution in [1.29, 1.82) is 0 Å². The van der Waals surface area contributed by atoms with E-state index in [2.05, 4.69) is 13.8 Å². The van der Waals surface area contributed by atoms with Crippen molar-refractivity contribution >= 4 is 23.0 Å². The fraction of sp³-hybridized carbons (Fsp3) is 0.421. The molecule has 0 unspecified atom stereocenters. The second-order valence-corrected chi connectivity index (χ2v) is 8.39. The van der Waals surface area contributed by atoms with Gasteiger partial charge in [0.05, 0.1) is 12.2 Å². The van der Waals surface area contributed by atoms with Crippen LogP contribution < -0.4 is 10.6 Å². The third-order valence-electron chi connectivity index (χ3n) is 4.83. The van der Waals surface area contributed by atoms with Gasteiger partial charge in [0.2, 0.25) is 0 Å². The van der Waals surface area contributed by atoms with Crippen LogP contribution in [-0.4, -0.2) is 24.8 Å². The van der Waals surface area contributed by atoms with Crippen molar-refractivity contribution in [3.05, 3.63) is 40.3 Å². The number of anilines is 1. The molecule has 5 heteroatoms. The highest BCUT2D eigenvalue weighted by atomic mass is 32.1. The summed E-state index contributed by atoms with van der Waals surface area (Å²) in [5, 5.41) is 9.80. The molecule has 1 aliphatic carbocycles. The molecule has 1 heterocycles. The van der Waals surface area contributed by atoms with E-state index in [0.29, 0.717) is 12.2 Å². The van der Waals surface area contributed by atoms with Gasteiger partial charge >= 0.3 is 5.97 Å². The monoisotopic (exact) mass is 344 g/mol. The zero-order chi connectivity index (χ0) is 17.5. The number of carboxylic acid groups (broad SMARTS) is 1. The van der Waals surface area contributed by atoms with Gasteiger partial charge in [0.1, 0.15) is 0 Å². The lowest BCUT2D eigenvalue weighted by molar-refractivity contribution is 0.0696. The third-order valence-corrected chi connectivity index (χ3v) is 6.17. The number of thiophene rings is 1.